The Morgan fingerprint density at radius 2 is 1.67 bits per heavy atom. The molecular weight excluding hydrogens is 514 g/mol. The van der Waals surface area contributed by atoms with Gasteiger partial charge in [0.15, 0.2) is 6.61 Å². The molecule has 0 saturated carbocycles. The smallest absolute Gasteiger partial charge is 0.261 e. The first kappa shape index (κ1) is 28.2. The number of nitrogens with zero attached hydrogens (tertiary/aromatic N) is 2. The van der Waals surface area contributed by atoms with Crippen LogP contribution in [0.15, 0.2) is 83.8 Å². The number of nitrogens with one attached hydrogen (secondary N) is 1. The molecule has 1 aliphatic rings. The van der Waals surface area contributed by atoms with Crippen LogP contribution in [0.25, 0.3) is 6.08 Å². The van der Waals surface area contributed by atoms with Crippen molar-refractivity contribution in [3.63, 3.8) is 0 Å². The Hall–Kier alpha value is -3.82. The maximum Gasteiger partial charge on any atom is 0.261 e. The molecule has 1 saturated heterocycles. The number of ether oxygens (including phenoxy) is 2. The molecule has 1 aliphatic heterocycles. The Bertz CT molecular complexity index is 1370. The minimum Gasteiger partial charge on any atom is -0.494 e. The van der Waals surface area contributed by atoms with E-state index >= 15 is 0 Å². The summed E-state index contributed by atoms with van der Waals surface area (Å²) in [7, 11) is -3.79. The van der Waals surface area contributed by atoms with Crippen molar-refractivity contribution in [2.45, 2.75) is 18.7 Å². The second-order valence-corrected chi connectivity index (χ2v) is 11.0. The van der Waals surface area contributed by atoms with E-state index in [9.17, 15) is 13.2 Å². The first-order valence-corrected chi connectivity index (χ1v) is 14.5. The molecule has 1 fully saturated rings. The molecule has 0 spiro atoms. The van der Waals surface area contributed by atoms with Crippen LogP contribution in [0.1, 0.15) is 18.1 Å². The van der Waals surface area contributed by atoms with Crippen molar-refractivity contribution in [1.29, 1.82) is 0 Å². The van der Waals surface area contributed by atoms with Gasteiger partial charge < -0.3 is 14.4 Å². The van der Waals surface area contributed by atoms with Crippen molar-refractivity contribution in [1.82, 2.24) is 9.80 Å². The van der Waals surface area contributed by atoms with E-state index in [-0.39, 0.29) is 17.4 Å². The van der Waals surface area contributed by atoms with Crippen molar-refractivity contribution < 1.29 is 22.7 Å². The van der Waals surface area contributed by atoms with Gasteiger partial charge in [-0.1, -0.05) is 42.5 Å². The highest BCUT2D eigenvalue weighted by molar-refractivity contribution is 7.92. The van der Waals surface area contributed by atoms with Crippen LogP contribution in [0.3, 0.4) is 0 Å². The van der Waals surface area contributed by atoms with Crippen LogP contribution >= 0.6 is 0 Å². The van der Waals surface area contributed by atoms with E-state index in [0.29, 0.717) is 42.4 Å². The van der Waals surface area contributed by atoms with Crippen LogP contribution in [0.5, 0.6) is 11.5 Å². The summed E-state index contributed by atoms with van der Waals surface area (Å²) in [5.41, 5.74) is 2.25. The highest BCUT2D eigenvalue weighted by Gasteiger charge is 2.21. The second-order valence-electron chi connectivity index (χ2n) is 9.27. The summed E-state index contributed by atoms with van der Waals surface area (Å²) in [6.07, 6.45) is 4.26. The molecule has 39 heavy (non-hydrogen) atoms. The molecule has 0 atom stereocenters. The maximum atomic E-state index is 12.9. The molecule has 9 heteroatoms. The minimum atomic E-state index is -3.79. The van der Waals surface area contributed by atoms with Crippen LogP contribution in [0, 0.1) is 6.92 Å². The second kappa shape index (κ2) is 13.3. The van der Waals surface area contributed by atoms with Gasteiger partial charge in [-0.3, -0.25) is 14.4 Å². The van der Waals surface area contributed by atoms with Gasteiger partial charge in [0.25, 0.3) is 15.9 Å². The van der Waals surface area contributed by atoms with Gasteiger partial charge in [-0.2, -0.15) is 0 Å². The largest absolute Gasteiger partial charge is 0.494 e. The number of rotatable bonds is 11. The number of amides is 1. The molecule has 0 radical (unpaired) electrons. The number of carbonyl (C=O) groups is 1. The first-order valence-electron chi connectivity index (χ1n) is 13.0. The highest BCUT2D eigenvalue weighted by atomic mass is 32.2. The Labute approximate surface area is 230 Å². The van der Waals surface area contributed by atoms with Gasteiger partial charge in [-0.25, -0.2) is 8.42 Å². The lowest BCUT2D eigenvalue weighted by atomic mass is 10.2. The molecule has 4 rings (SSSR count). The third-order valence-corrected chi connectivity index (χ3v) is 7.80. The zero-order valence-corrected chi connectivity index (χ0v) is 23.2. The molecule has 206 valence electrons. The average molecular weight is 550 g/mol. The fourth-order valence-corrected chi connectivity index (χ4v) is 5.41. The van der Waals surface area contributed by atoms with Crippen molar-refractivity contribution in [3.8, 4) is 11.5 Å². The van der Waals surface area contributed by atoms with E-state index in [1.807, 2.05) is 30.0 Å². The van der Waals surface area contributed by atoms with E-state index in [1.165, 1.54) is 11.6 Å². The van der Waals surface area contributed by atoms with Crippen LogP contribution in [-0.4, -0.2) is 70.1 Å². The molecule has 0 aliphatic carbocycles. The van der Waals surface area contributed by atoms with Gasteiger partial charge in [0.05, 0.1) is 11.5 Å². The molecule has 1 N–H and O–H groups in total. The Balaban J connectivity index is 1.25. The van der Waals surface area contributed by atoms with Crippen LogP contribution in [0.4, 0.5) is 5.69 Å². The number of hydrogen-bond donors (Lipinski definition) is 1. The number of sulfonamides is 1. The lowest BCUT2D eigenvalue weighted by molar-refractivity contribution is -0.135. The fourth-order valence-electron chi connectivity index (χ4n) is 4.26. The molecule has 0 unspecified atom stereocenters. The fraction of sp³-hybridized carbons (Fsp3) is 0.300. The summed E-state index contributed by atoms with van der Waals surface area (Å²) < 4.78 is 39.5. The summed E-state index contributed by atoms with van der Waals surface area (Å²) in [4.78, 5) is 17.0. The predicted octanol–water partition coefficient (Wildman–Crippen LogP) is 4.43. The van der Waals surface area contributed by atoms with Crippen LogP contribution < -0.4 is 14.2 Å². The monoisotopic (exact) mass is 549 g/mol. The normalized spacial score (nSPS) is 14.4. The zero-order chi connectivity index (χ0) is 27.7. The predicted molar refractivity (Wildman–Crippen MR) is 154 cm³/mol. The number of benzene rings is 3. The topological polar surface area (TPSA) is 88.2 Å². The third-order valence-electron chi connectivity index (χ3n) is 6.42. The number of piperazine rings is 1. The third kappa shape index (κ3) is 8.08. The zero-order valence-electron chi connectivity index (χ0n) is 22.4. The van der Waals surface area contributed by atoms with Gasteiger partial charge in [-0.15, -0.1) is 0 Å². The molecule has 3 aromatic rings. The molecule has 0 aromatic heterocycles. The summed E-state index contributed by atoms with van der Waals surface area (Å²) in [6, 6.07) is 21.5. The standard InChI is InChI=1S/C30H35N3O5S/c1-3-37-27-13-11-26(12-14-27)31-39(35,36)28-15-16-29(24(2)22-28)38-23-30(34)33-20-18-32(19-21-33)17-7-10-25-8-5-4-6-9-25/h4-16,22,31H,3,17-21,23H2,1-2H3/b10-7+. The molecule has 1 amide bonds. The quantitative estimate of drug-likeness (QED) is 0.381. The van der Waals surface area contributed by atoms with Gasteiger partial charge in [0.1, 0.15) is 11.5 Å². The first-order chi connectivity index (χ1) is 18.8. The number of hydrogen-bond acceptors (Lipinski definition) is 6. The Kier molecular flexibility index (Phi) is 9.62. The number of anilines is 1. The average Bonchev–Trinajstić information content (AvgIpc) is 2.94. The van der Waals surface area contributed by atoms with E-state index in [4.69, 9.17) is 9.47 Å². The summed E-state index contributed by atoms with van der Waals surface area (Å²) in [5, 5.41) is 0. The summed E-state index contributed by atoms with van der Waals surface area (Å²) in [6.45, 7) is 7.84. The molecule has 1 heterocycles. The van der Waals surface area contributed by atoms with E-state index in [2.05, 4.69) is 33.9 Å². The number of aryl methyl sites for hydroxylation is 1. The molecule has 0 bridgehead atoms. The molecule has 8 nitrogen and oxygen atoms in total. The minimum absolute atomic E-state index is 0.0808. The molecule has 3 aromatic carbocycles. The van der Waals surface area contributed by atoms with Gasteiger partial charge >= 0.3 is 0 Å². The number of carbonyl (C=O) groups excluding carboxylic acids is 1. The van der Waals surface area contributed by atoms with E-state index in [1.54, 1.807) is 43.3 Å². The van der Waals surface area contributed by atoms with Crippen molar-refractivity contribution in [2.24, 2.45) is 0 Å². The lowest BCUT2D eigenvalue weighted by Gasteiger charge is -2.34. The van der Waals surface area contributed by atoms with Crippen LogP contribution in [0.2, 0.25) is 0 Å². The van der Waals surface area contributed by atoms with E-state index < -0.39 is 10.0 Å². The van der Waals surface area contributed by atoms with Crippen molar-refractivity contribution in [3.05, 3.63) is 90.0 Å². The summed E-state index contributed by atoms with van der Waals surface area (Å²) in [5.74, 6) is 1.07. The molecular formula is C30H35N3O5S. The van der Waals surface area contributed by atoms with E-state index in [0.717, 1.165) is 19.6 Å². The van der Waals surface area contributed by atoms with Crippen molar-refractivity contribution in [2.75, 3.05) is 50.7 Å². The highest BCUT2D eigenvalue weighted by Crippen LogP contribution is 2.24. The summed E-state index contributed by atoms with van der Waals surface area (Å²) >= 11 is 0. The van der Waals surface area contributed by atoms with Crippen LogP contribution in [-0.2, 0) is 14.8 Å². The van der Waals surface area contributed by atoms with Gasteiger partial charge in [-0.05, 0) is 67.4 Å². The van der Waals surface area contributed by atoms with Gasteiger partial charge in [0.2, 0.25) is 0 Å². The van der Waals surface area contributed by atoms with Gasteiger partial charge in [0, 0.05) is 38.4 Å². The SMILES string of the molecule is CCOc1ccc(NS(=O)(=O)c2ccc(OCC(=O)N3CCN(C/C=C/c4ccccc4)CC3)c(C)c2)cc1. The maximum absolute atomic E-state index is 12.9. The Morgan fingerprint density at radius 3 is 2.33 bits per heavy atom. The van der Waals surface area contributed by atoms with Crippen molar-refractivity contribution >= 4 is 27.7 Å². The Morgan fingerprint density at radius 1 is 0.949 bits per heavy atom. The lowest BCUT2D eigenvalue weighted by Crippen LogP contribution is -2.49.